The number of rotatable bonds is 7. The average molecular weight is 240 g/mol. The molecule has 1 aromatic carbocycles. The lowest BCUT2D eigenvalue weighted by molar-refractivity contribution is -0.199. The normalized spacial score (nSPS) is 11.3. The Balaban J connectivity index is 2.26. The van der Waals surface area contributed by atoms with Crippen molar-refractivity contribution in [1.82, 2.24) is 0 Å². The van der Waals surface area contributed by atoms with Gasteiger partial charge >= 0.3 is 0 Å². The molecule has 0 atom stereocenters. The lowest BCUT2D eigenvalue weighted by Crippen LogP contribution is -2.28. The third-order valence-electron chi connectivity index (χ3n) is 2.35. The van der Waals surface area contributed by atoms with Crippen LogP contribution in [0.2, 0.25) is 0 Å². The molecule has 17 heavy (non-hydrogen) atoms. The molecule has 0 aliphatic heterocycles. The predicted octanol–water partition coefficient (Wildman–Crippen LogP) is 2.47. The van der Waals surface area contributed by atoms with Crippen LogP contribution in [0.1, 0.15) is 13.8 Å². The zero-order valence-electron chi connectivity index (χ0n) is 10.9. The minimum Gasteiger partial charge on any atom is -0.497 e. The maximum atomic E-state index is 5.51. The van der Waals surface area contributed by atoms with Crippen LogP contribution in [0.15, 0.2) is 24.3 Å². The predicted molar refractivity (Wildman–Crippen MR) is 65.5 cm³/mol. The van der Waals surface area contributed by atoms with Gasteiger partial charge in [-0.2, -0.15) is 0 Å². The van der Waals surface area contributed by atoms with E-state index >= 15 is 0 Å². The van der Waals surface area contributed by atoms with Gasteiger partial charge < -0.3 is 18.9 Å². The van der Waals surface area contributed by atoms with Gasteiger partial charge in [0.15, 0.2) is 5.79 Å². The van der Waals surface area contributed by atoms with Crippen molar-refractivity contribution in [2.24, 2.45) is 0 Å². The van der Waals surface area contributed by atoms with Gasteiger partial charge in [-0.1, -0.05) is 0 Å². The van der Waals surface area contributed by atoms with Gasteiger partial charge in [-0.05, 0) is 38.1 Å². The maximum absolute atomic E-state index is 5.51. The largest absolute Gasteiger partial charge is 0.497 e. The Morgan fingerprint density at radius 3 is 2.06 bits per heavy atom. The molecule has 96 valence electrons. The molecule has 0 N–H and O–H groups in total. The maximum Gasteiger partial charge on any atom is 0.162 e. The number of methoxy groups -OCH3 is 2. The summed E-state index contributed by atoms with van der Waals surface area (Å²) >= 11 is 0. The highest BCUT2D eigenvalue weighted by Gasteiger charge is 2.15. The summed E-state index contributed by atoms with van der Waals surface area (Å²) in [5, 5.41) is 0. The Bertz CT molecular complexity index is 319. The molecule has 0 spiro atoms. The van der Waals surface area contributed by atoms with Crippen LogP contribution >= 0.6 is 0 Å². The molecular weight excluding hydrogens is 220 g/mol. The Hall–Kier alpha value is -1.26. The minimum atomic E-state index is -0.566. The van der Waals surface area contributed by atoms with Gasteiger partial charge in [0.2, 0.25) is 0 Å². The topological polar surface area (TPSA) is 36.9 Å². The second-order valence-electron chi connectivity index (χ2n) is 3.98. The molecule has 0 bridgehead atoms. The Kier molecular flexibility index (Phi) is 5.25. The van der Waals surface area contributed by atoms with Crippen molar-refractivity contribution in [3.8, 4) is 11.5 Å². The molecule has 0 amide bonds. The van der Waals surface area contributed by atoms with Crippen molar-refractivity contribution in [1.29, 1.82) is 0 Å². The molecule has 0 fully saturated rings. The van der Waals surface area contributed by atoms with E-state index in [1.165, 1.54) is 0 Å². The highest BCUT2D eigenvalue weighted by atomic mass is 16.7. The average Bonchev–Trinajstić information content (AvgIpc) is 2.35. The van der Waals surface area contributed by atoms with Gasteiger partial charge in [0.1, 0.15) is 18.1 Å². The van der Waals surface area contributed by atoms with E-state index in [1.54, 1.807) is 14.2 Å². The Labute approximate surface area is 102 Å². The molecule has 4 nitrogen and oxygen atoms in total. The molecule has 1 aromatic rings. The fraction of sp³-hybridized carbons (Fsp3) is 0.538. The lowest BCUT2D eigenvalue weighted by atomic mass is 10.3. The van der Waals surface area contributed by atoms with Crippen LogP contribution < -0.4 is 9.47 Å². The molecule has 0 saturated carbocycles. The molecule has 0 heterocycles. The van der Waals surface area contributed by atoms with Gasteiger partial charge in [-0.15, -0.1) is 0 Å². The minimum absolute atomic E-state index is 0.479. The summed E-state index contributed by atoms with van der Waals surface area (Å²) in [6, 6.07) is 7.44. The summed E-state index contributed by atoms with van der Waals surface area (Å²) in [5.74, 6) is 1.04. The van der Waals surface area contributed by atoms with Crippen LogP contribution in [0.25, 0.3) is 0 Å². The molecule has 0 aliphatic rings. The molecule has 0 aliphatic carbocycles. The molecule has 0 radical (unpaired) electrons. The zero-order chi connectivity index (χ0) is 12.7. The van der Waals surface area contributed by atoms with E-state index in [0.29, 0.717) is 13.2 Å². The summed E-state index contributed by atoms with van der Waals surface area (Å²) in [6.45, 7) is 4.69. The van der Waals surface area contributed by atoms with Crippen LogP contribution in [0.4, 0.5) is 0 Å². The third-order valence-corrected chi connectivity index (χ3v) is 2.35. The van der Waals surface area contributed by atoms with Gasteiger partial charge in [-0.25, -0.2) is 0 Å². The number of hydrogen-bond acceptors (Lipinski definition) is 4. The van der Waals surface area contributed by atoms with Crippen molar-refractivity contribution in [3.05, 3.63) is 24.3 Å². The van der Waals surface area contributed by atoms with Crippen LogP contribution in [-0.2, 0) is 9.47 Å². The van der Waals surface area contributed by atoms with Gasteiger partial charge in [0.25, 0.3) is 0 Å². The second kappa shape index (κ2) is 6.47. The molecule has 0 unspecified atom stereocenters. The first kappa shape index (κ1) is 13.8. The molecule has 4 heteroatoms. The van der Waals surface area contributed by atoms with Gasteiger partial charge in [0, 0.05) is 7.11 Å². The molecule has 0 aromatic heterocycles. The number of hydrogen-bond donors (Lipinski definition) is 0. The van der Waals surface area contributed by atoms with Gasteiger partial charge in [-0.3, -0.25) is 0 Å². The smallest absolute Gasteiger partial charge is 0.162 e. The first-order chi connectivity index (χ1) is 8.07. The number of ether oxygens (including phenoxy) is 4. The van der Waals surface area contributed by atoms with E-state index in [4.69, 9.17) is 18.9 Å². The van der Waals surface area contributed by atoms with E-state index in [2.05, 4.69) is 0 Å². The van der Waals surface area contributed by atoms with Crippen molar-refractivity contribution in [2.75, 3.05) is 27.4 Å². The van der Waals surface area contributed by atoms with E-state index in [0.717, 1.165) is 11.5 Å². The SMILES string of the molecule is COc1ccc(OCCOC(C)(C)OC)cc1. The summed E-state index contributed by atoms with van der Waals surface area (Å²) in [4.78, 5) is 0. The summed E-state index contributed by atoms with van der Waals surface area (Å²) in [7, 11) is 3.25. The second-order valence-corrected chi connectivity index (χ2v) is 3.98. The highest BCUT2D eigenvalue weighted by molar-refractivity contribution is 5.31. The highest BCUT2D eigenvalue weighted by Crippen LogP contribution is 2.17. The fourth-order valence-electron chi connectivity index (χ4n) is 1.18. The lowest BCUT2D eigenvalue weighted by Gasteiger charge is -2.23. The van der Waals surface area contributed by atoms with Crippen molar-refractivity contribution < 1.29 is 18.9 Å². The van der Waals surface area contributed by atoms with Crippen molar-refractivity contribution in [2.45, 2.75) is 19.6 Å². The van der Waals surface area contributed by atoms with E-state index in [9.17, 15) is 0 Å². The first-order valence-electron chi connectivity index (χ1n) is 5.53. The van der Waals surface area contributed by atoms with E-state index in [-0.39, 0.29) is 0 Å². The van der Waals surface area contributed by atoms with E-state index < -0.39 is 5.79 Å². The van der Waals surface area contributed by atoms with Crippen molar-refractivity contribution >= 4 is 0 Å². The van der Waals surface area contributed by atoms with Crippen LogP contribution in [-0.4, -0.2) is 33.2 Å². The van der Waals surface area contributed by atoms with Gasteiger partial charge in [0.05, 0.1) is 13.7 Å². The fourth-order valence-corrected chi connectivity index (χ4v) is 1.18. The summed E-state index contributed by atoms with van der Waals surface area (Å²) in [6.07, 6.45) is 0. The standard InChI is InChI=1S/C13H20O4/c1-13(2,15-4)17-10-9-16-12-7-5-11(14-3)6-8-12/h5-8H,9-10H2,1-4H3. The molecular formula is C13H20O4. The first-order valence-corrected chi connectivity index (χ1v) is 5.53. The zero-order valence-corrected chi connectivity index (χ0v) is 10.9. The summed E-state index contributed by atoms with van der Waals surface area (Å²) < 4.78 is 21.2. The Morgan fingerprint density at radius 1 is 0.941 bits per heavy atom. The monoisotopic (exact) mass is 240 g/mol. The van der Waals surface area contributed by atoms with E-state index in [1.807, 2.05) is 38.1 Å². The van der Waals surface area contributed by atoms with Crippen molar-refractivity contribution in [3.63, 3.8) is 0 Å². The van der Waals surface area contributed by atoms with Crippen LogP contribution in [0.5, 0.6) is 11.5 Å². The van der Waals surface area contributed by atoms with Crippen LogP contribution in [0, 0.1) is 0 Å². The number of benzene rings is 1. The molecule has 0 saturated heterocycles. The third kappa shape index (κ3) is 5.06. The summed E-state index contributed by atoms with van der Waals surface area (Å²) in [5.41, 5.74) is 0. The Morgan fingerprint density at radius 2 is 1.53 bits per heavy atom. The molecule has 1 rings (SSSR count). The van der Waals surface area contributed by atoms with Crippen LogP contribution in [0.3, 0.4) is 0 Å². The quantitative estimate of drug-likeness (QED) is 0.542.